The lowest BCUT2D eigenvalue weighted by molar-refractivity contribution is 1.39. The largest absolute Gasteiger partial charge is 0.0917 e. The predicted octanol–water partition coefficient (Wildman–Crippen LogP) is 2.65. The Morgan fingerprint density at radius 3 is 2.78 bits per heavy atom. The molecule has 1 aliphatic rings. The van der Waals surface area contributed by atoms with Crippen LogP contribution in [-0.4, -0.2) is 0 Å². The highest BCUT2D eigenvalue weighted by Gasteiger charge is 2.02. The molecule has 0 unspecified atom stereocenters. The molecular formula is C9H11+. The van der Waals surface area contributed by atoms with Gasteiger partial charge < -0.3 is 0 Å². The summed E-state index contributed by atoms with van der Waals surface area (Å²) in [6.07, 6.45) is 10.6. The van der Waals surface area contributed by atoms with Gasteiger partial charge in [-0.2, -0.15) is 0 Å². The molecule has 0 heterocycles. The number of hydrogen-bond donors (Lipinski definition) is 0. The van der Waals surface area contributed by atoms with Gasteiger partial charge in [-0.1, -0.05) is 0 Å². The maximum absolute atomic E-state index is 2.17. The third-order valence-electron chi connectivity index (χ3n) is 1.38. The highest BCUT2D eigenvalue weighted by Crippen LogP contribution is 2.13. The Morgan fingerprint density at radius 1 is 1.56 bits per heavy atom. The zero-order valence-corrected chi connectivity index (χ0v) is 5.89. The minimum Gasteiger partial charge on any atom is -0.0209 e. The highest BCUT2D eigenvalue weighted by molar-refractivity contribution is 5.42. The van der Waals surface area contributed by atoms with Gasteiger partial charge in [0.1, 0.15) is 0 Å². The fourth-order valence-corrected chi connectivity index (χ4v) is 0.850. The van der Waals surface area contributed by atoms with E-state index in [1.54, 1.807) is 0 Å². The molecule has 0 aromatic rings. The van der Waals surface area contributed by atoms with Crippen molar-refractivity contribution in [3.8, 4) is 0 Å². The van der Waals surface area contributed by atoms with Gasteiger partial charge in [-0.3, -0.25) is 0 Å². The van der Waals surface area contributed by atoms with Crippen molar-refractivity contribution in [2.24, 2.45) is 0 Å². The molecule has 0 N–H and O–H groups in total. The van der Waals surface area contributed by atoms with Crippen LogP contribution in [0.2, 0.25) is 0 Å². The second-order valence-electron chi connectivity index (χ2n) is 2.20. The van der Waals surface area contributed by atoms with Crippen LogP contribution in [0.25, 0.3) is 0 Å². The molecule has 0 fully saturated rings. The third kappa shape index (κ3) is 1.49. The molecule has 0 saturated heterocycles. The van der Waals surface area contributed by atoms with Gasteiger partial charge in [-0.05, 0) is 19.9 Å². The Bertz CT molecular complexity index is 180. The lowest BCUT2D eigenvalue weighted by Crippen LogP contribution is -1.84. The molecule has 0 spiro atoms. The van der Waals surface area contributed by atoms with Crippen molar-refractivity contribution in [3.05, 3.63) is 41.9 Å². The van der Waals surface area contributed by atoms with Crippen LogP contribution in [0.5, 0.6) is 0 Å². The second-order valence-corrected chi connectivity index (χ2v) is 2.20. The van der Waals surface area contributed by atoms with E-state index in [1.807, 2.05) is 0 Å². The van der Waals surface area contributed by atoms with E-state index in [0.29, 0.717) is 0 Å². The molecule has 1 rings (SSSR count). The monoisotopic (exact) mass is 119 g/mol. The van der Waals surface area contributed by atoms with Crippen LogP contribution < -0.4 is 0 Å². The summed E-state index contributed by atoms with van der Waals surface area (Å²) in [5, 5.41) is 0. The molecule has 0 aliphatic heterocycles. The van der Waals surface area contributed by atoms with Gasteiger partial charge in [-0.25, -0.2) is 0 Å². The Hall–Kier alpha value is -0.910. The average molecular weight is 119 g/mol. The van der Waals surface area contributed by atoms with Crippen molar-refractivity contribution in [1.29, 1.82) is 0 Å². The van der Waals surface area contributed by atoms with Gasteiger partial charge in [0.15, 0.2) is 0 Å². The van der Waals surface area contributed by atoms with E-state index in [-0.39, 0.29) is 0 Å². The predicted molar refractivity (Wildman–Crippen MR) is 41.0 cm³/mol. The fourth-order valence-electron chi connectivity index (χ4n) is 0.850. The minimum atomic E-state index is 1.30. The van der Waals surface area contributed by atoms with E-state index < -0.39 is 0 Å². The molecule has 0 aromatic heterocycles. The molecule has 0 radical (unpaired) electrons. The first-order valence-corrected chi connectivity index (χ1v) is 3.19. The molecule has 46 valence electrons. The summed E-state index contributed by atoms with van der Waals surface area (Å²) in [5.41, 5.74) is 2.63. The SMILES string of the molecule is C/C=C1\C=C(C)C=C[CH+]1. The number of hydrogen-bond acceptors (Lipinski definition) is 0. The average Bonchev–Trinajstić information content (AvgIpc) is 1.88. The van der Waals surface area contributed by atoms with Crippen LogP contribution >= 0.6 is 0 Å². The van der Waals surface area contributed by atoms with Gasteiger partial charge in [0.25, 0.3) is 0 Å². The Kier molecular flexibility index (Phi) is 1.78. The maximum Gasteiger partial charge on any atom is 0.0917 e. The zero-order chi connectivity index (χ0) is 6.69. The lowest BCUT2D eigenvalue weighted by atomic mass is 10.0. The molecule has 0 aromatic carbocycles. The minimum absolute atomic E-state index is 1.30. The first kappa shape index (κ1) is 6.21. The Balaban J connectivity index is 2.78. The van der Waals surface area contributed by atoms with E-state index in [4.69, 9.17) is 0 Å². The second kappa shape index (κ2) is 2.58. The van der Waals surface area contributed by atoms with Crippen molar-refractivity contribution < 1.29 is 0 Å². The molecule has 0 bridgehead atoms. The van der Waals surface area contributed by atoms with Gasteiger partial charge >= 0.3 is 0 Å². The van der Waals surface area contributed by atoms with Crippen LogP contribution in [0.1, 0.15) is 13.8 Å². The van der Waals surface area contributed by atoms with E-state index in [2.05, 4.69) is 44.6 Å². The van der Waals surface area contributed by atoms with Crippen LogP contribution in [0.4, 0.5) is 0 Å². The standard InChI is InChI=1S/C9H11/c1-3-9-6-4-5-8(2)7-9/h3-7H,1-2H3/q+1/b9-3-. The maximum atomic E-state index is 2.17. The van der Waals surface area contributed by atoms with Gasteiger partial charge in [-0.15, -0.1) is 0 Å². The zero-order valence-electron chi connectivity index (χ0n) is 5.89. The topological polar surface area (TPSA) is 0 Å². The van der Waals surface area contributed by atoms with E-state index in [0.717, 1.165) is 0 Å². The van der Waals surface area contributed by atoms with E-state index in [9.17, 15) is 0 Å². The normalized spacial score (nSPS) is 21.6. The third-order valence-corrected chi connectivity index (χ3v) is 1.38. The summed E-state index contributed by atoms with van der Waals surface area (Å²) in [7, 11) is 0. The Morgan fingerprint density at radius 2 is 2.33 bits per heavy atom. The van der Waals surface area contributed by atoms with Crippen molar-refractivity contribution in [2.45, 2.75) is 13.8 Å². The number of rotatable bonds is 0. The summed E-state index contributed by atoms with van der Waals surface area (Å²) in [4.78, 5) is 0. The van der Waals surface area contributed by atoms with Crippen LogP contribution in [-0.2, 0) is 0 Å². The lowest BCUT2D eigenvalue weighted by Gasteiger charge is -1.94. The van der Waals surface area contributed by atoms with Gasteiger partial charge in [0.05, 0.1) is 5.57 Å². The first-order chi connectivity index (χ1) is 4.33. The summed E-state index contributed by atoms with van der Waals surface area (Å²) in [6.45, 7) is 4.15. The highest BCUT2D eigenvalue weighted by atomic mass is 14.0. The molecule has 9 heavy (non-hydrogen) atoms. The summed E-state index contributed by atoms with van der Waals surface area (Å²) >= 11 is 0. The summed E-state index contributed by atoms with van der Waals surface area (Å²) in [5.74, 6) is 0. The van der Waals surface area contributed by atoms with Crippen molar-refractivity contribution in [2.75, 3.05) is 0 Å². The summed E-state index contributed by atoms with van der Waals surface area (Å²) < 4.78 is 0. The molecule has 1 aliphatic carbocycles. The van der Waals surface area contributed by atoms with Crippen LogP contribution in [0.3, 0.4) is 0 Å². The smallest absolute Gasteiger partial charge is 0.0209 e. The Labute approximate surface area is 56.6 Å². The van der Waals surface area contributed by atoms with Crippen molar-refractivity contribution in [3.63, 3.8) is 0 Å². The van der Waals surface area contributed by atoms with E-state index in [1.165, 1.54) is 11.1 Å². The fraction of sp³-hybridized carbons (Fsp3) is 0.222. The van der Waals surface area contributed by atoms with E-state index >= 15 is 0 Å². The number of allylic oxidation sites excluding steroid dienone is 6. The van der Waals surface area contributed by atoms with Crippen LogP contribution in [0, 0.1) is 6.42 Å². The van der Waals surface area contributed by atoms with Crippen molar-refractivity contribution >= 4 is 0 Å². The molecule has 0 atom stereocenters. The molecule has 0 nitrogen and oxygen atoms in total. The molecular weight excluding hydrogens is 108 g/mol. The van der Waals surface area contributed by atoms with Gasteiger partial charge in [0.2, 0.25) is 0 Å². The molecule has 0 saturated carbocycles. The first-order valence-electron chi connectivity index (χ1n) is 3.19. The molecule has 0 amide bonds. The molecule has 0 heteroatoms. The summed E-state index contributed by atoms with van der Waals surface area (Å²) in [6, 6.07) is 0. The quantitative estimate of drug-likeness (QED) is 0.430. The van der Waals surface area contributed by atoms with Gasteiger partial charge in [0, 0.05) is 30.2 Å². The van der Waals surface area contributed by atoms with Crippen LogP contribution in [0.15, 0.2) is 35.5 Å². The van der Waals surface area contributed by atoms with Crippen molar-refractivity contribution in [1.82, 2.24) is 0 Å².